The molecule has 0 fully saturated rings. The van der Waals surface area contributed by atoms with Crippen LogP contribution in [-0.2, 0) is 11.3 Å². The second-order valence-electron chi connectivity index (χ2n) is 6.46. The molecule has 7 heteroatoms. The normalized spacial score (nSPS) is 10.8. The molecule has 0 bridgehead atoms. The second-order valence-corrected chi connectivity index (χ2v) is 7.47. The van der Waals surface area contributed by atoms with Crippen molar-refractivity contribution in [2.45, 2.75) is 13.5 Å². The fourth-order valence-electron chi connectivity index (χ4n) is 2.86. The van der Waals surface area contributed by atoms with Crippen molar-refractivity contribution in [1.29, 1.82) is 0 Å². The van der Waals surface area contributed by atoms with Crippen LogP contribution < -0.4 is 9.64 Å². The van der Waals surface area contributed by atoms with Crippen LogP contribution in [0.3, 0.4) is 0 Å². The minimum Gasteiger partial charge on any atom is -0.484 e. The molecule has 0 atom stereocenters. The third-order valence-electron chi connectivity index (χ3n) is 4.36. The lowest BCUT2D eigenvalue weighted by Gasteiger charge is -2.19. The van der Waals surface area contributed by atoms with E-state index in [1.807, 2.05) is 43.3 Å². The first-order valence-electron chi connectivity index (χ1n) is 9.05. The lowest BCUT2D eigenvalue weighted by Crippen LogP contribution is -2.34. The van der Waals surface area contributed by atoms with Crippen molar-refractivity contribution in [3.63, 3.8) is 0 Å². The van der Waals surface area contributed by atoms with Crippen LogP contribution in [-0.4, -0.2) is 22.5 Å². The highest BCUT2D eigenvalue weighted by Gasteiger charge is 2.21. The Labute approximate surface area is 171 Å². The van der Waals surface area contributed by atoms with E-state index >= 15 is 0 Å². The number of ether oxygens (including phenoxy) is 1. The number of halogens is 1. The van der Waals surface area contributed by atoms with E-state index in [0.717, 1.165) is 21.5 Å². The van der Waals surface area contributed by atoms with Crippen LogP contribution in [0.2, 0.25) is 0 Å². The van der Waals surface area contributed by atoms with Gasteiger partial charge in [-0.05, 0) is 55.0 Å². The number of carbonyl (C=O) groups is 1. The maximum Gasteiger partial charge on any atom is 0.267 e. The van der Waals surface area contributed by atoms with Gasteiger partial charge in [0.1, 0.15) is 11.6 Å². The number of pyridine rings is 1. The Bertz CT molecular complexity index is 1130. The van der Waals surface area contributed by atoms with Crippen LogP contribution in [0.5, 0.6) is 5.75 Å². The molecule has 29 heavy (non-hydrogen) atoms. The topological polar surface area (TPSA) is 55.3 Å². The molecule has 0 aliphatic heterocycles. The Morgan fingerprint density at radius 2 is 1.93 bits per heavy atom. The van der Waals surface area contributed by atoms with Crippen LogP contribution in [0, 0.1) is 12.7 Å². The molecule has 0 aliphatic rings. The maximum atomic E-state index is 13.1. The average molecular weight is 407 g/mol. The van der Waals surface area contributed by atoms with Gasteiger partial charge in [0.05, 0.1) is 22.5 Å². The highest BCUT2D eigenvalue weighted by Crippen LogP contribution is 2.31. The van der Waals surface area contributed by atoms with Crippen LogP contribution in [0.25, 0.3) is 10.2 Å². The van der Waals surface area contributed by atoms with Crippen LogP contribution >= 0.6 is 11.3 Å². The van der Waals surface area contributed by atoms with Crippen LogP contribution in [0.4, 0.5) is 9.52 Å². The predicted molar refractivity (Wildman–Crippen MR) is 112 cm³/mol. The van der Waals surface area contributed by atoms with E-state index in [0.29, 0.717) is 10.9 Å². The van der Waals surface area contributed by atoms with E-state index in [1.54, 1.807) is 11.1 Å². The smallest absolute Gasteiger partial charge is 0.267 e. The molecule has 2 heterocycles. The zero-order valence-corrected chi connectivity index (χ0v) is 16.5. The SMILES string of the molecule is Cc1cccc2sc(N(Cc3ccccn3)C(=O)COc3ccc(F)cc3)nc12. The molecular weight excluding hydrogens is 389 g/mol. The van der Waals surface area contributed by atoms with Crippen molar-refractivity contribution in [2.24, 2.45) is 0 Å². The number of anilines is 1. The van der Waals surface area contributed by atoms with E-state index in [-0.39, 0.29) is 24.9 Å². The Kier molecular flexibility index (Phi) is 5.48. The van der Waals surface area contributed by atoms with Gasteiger partial charge in [-0.1, -0.05) is 29.5 Å². The lowest BCUT2D eigenvalue weighted by molar-refractivity contribution is -0.120. The lowest BCUT2D eigenvalue weighted by atomic mass is 10.2. The van der Waals surface area contributed by atoms with Crippen molar-refractivity contribution >= 4 is 32.6 Å². The molecule has 0 saturated heterocycles. The van der Waals surface area contributed by atoms with Crippen LogP contribution in [0.1, 0.15) is 11.3 Å². The van der Waals surface area contributed by atoms with Gasteiger partial charge in [-0.25, -0.2) is 9.37 Å². The molecular formula is C22H18FN3O2S. The zero-order valence-electron chi connectivity index (χ0n) is 15.7. The molecule has 1 amide bonds. The Balaban J connectivity index is 1.60. The first-order valence-corrected chi connectivity index (χ1v) is 9.86. The minimum absolute atomic E-state index is 0.187. The van der Waals surface area contributed by atoms with E-state index in [9.17, 15) is 9.18 Å². The van der Waals surface area contributed by atoms with Crippen molar-refractivity contribution in [1.82, 2.24) is 9.97 Å². The number of aromatic nitrogens is 2. The Morgan fingerprint density at radius 3 is 2.66 bits per heavy atom. The number of nitrogens with zero attached hydrogens (tertiary/aromatic N) is 3. The summed E-state index contributed by atoms with van der Waals surface area (Å²) in [5, 5.41) is 0.590. The standard InChI is InChI=1S/C22H18FN3O2S/c1-15-5-4-7-19-21(15)25-22(29-19)26(13-17-6-2-3-12-24-17)20(27)14-28-18-10-8-16(23)9-11-18/h2-12H,13-14H2,1H3. The Morgan fingerprint density at radius 1 is 1.10 bits per heavy atom. The number of fused-ring (bicyclic) bond motifs is 1. The van der Waals surface area contributed by atoms with Gasteiger partial charge in [0, 0.05) is 6.20 Å². The summed E-state index contributed by atoms with van der Waals surface area (Å²) in [6.45, 7) is 2.09. The van der Waals surface area contributed by atoms with Gasteiger partial charge >= 0.3 is 0 Å². The summed E-state index contributed by atoms with van der Waals surface area (Å²) >= 11 is 1.45. The van der Waals surface area contributed by atoms with Gasteiger partial charge in [-0.2, -0.15) is 0 Å². The van der Waals surface area contributed by atoms with Gasteiger partial charge in [-0.15, -0.1) is 0 Å². The summed E-state index contributed by atoms with van der Waals surface area (Å²) < 4.78 is 19.6. The molecule has 4 aromatic rings. The summed E-state index contributed by atoms with van der Waals surface area (Å²) in [5.74, 6) is -0.181. The number of amides is 1. The summed E-state index contributed by atoms with van der Waals surface area (Å²) in [6.07, 6.45) is 1.69. The van der Waals surface area contributed by atoms with E-state index in [1.165, 1.54) is 35.6 Å². The number of hydrogen-bond acceptors (Lipinski definition) is 5. The monoisotopic (exact) mass is 407 g/mol. The fourth-order valence-corrected chi connectivity index (χ4v) is 3.92. The first kappa shape index (κ1) is 19.0. The van der Waals surface area contributed by atoms with Crippen molar-refractivity contribution in [3.05, 3.63) is 83.9 Å². The molecule has 0 saturated carbocycles. The van der Waals surface area contributed by atoms with E-state index in [2.05, 4.69) is 9.97 Å². The number of carbonyl (C=O) groups excluding carboxylic acids is 1. The molecule has 146 valence electrons. The van der Waals surface area contributed by atoms with Crippen LogP contribution in [0.15, 0.2) is 66.9 Å². The van der Waals surface area contributed by atoms with Crippen molar-refractivity contribution in [2.75, 3.05) is 11.5 Å². The van der Waals surface area contributed by atoms with E-state index in [4.69, 9.17) is 4.74 Å². The fraction of sp³-hybridized carbons (Fsp3) is 0.136. The summed E-state index contributed by atoms with van der Waals surface area (Å²) in [6, 6.07) is 17.1. The molecule has 0 unspecified atom stereocenters. The Hall–Kier alpha value is -3.32. The molecule has 0 N–H and O–H groups in total. The first-order chi connectivity index (χ1) is 14.1. The molecule has 0 radical (unpaired) electrons. The highest BCUT2D eigenvalue weighted by atomic mass is 32.1. The molecule has 0 aliphatic carbocycles. The van der Waals surface area contributed by atoms with Gasteiger partial charge in [0.15, 0.2) is 11.7 Å². The number of para-hydroxylation sites is 1. The largest absolute Gasteiger partial charge is 0.484 e. The second kappa shape index (κ2) is 8.36. The predicted octanol–water partition coefficient (Wildman–Crippen LogP) is 4.75. The average Bonchev–Trinajstić information content (AvgIpc) is 3.17. The summed E-state index contributed by atoms with van der Waals surface area (Å²) in [5.41, 5.74) is 2.68. The maximum absolute atomic E-state index is 13.1. The highest BCUT2D eigenvalue weighted by molar-refractivity contribution is 7.22. The number of hydrogen-bond donors (Lipinski definition) is 0. The summed E-state index contributed by atoms with van der Waals surface area (Å²) in [4.78, 5) is 23.6. The quantitative estimate of drug-likeness (QED) is 0.463. The third kappa shape index (κ3) is 4.41. The number of benzene rings is 2. The molecule has 2 aromatic heterocycles. The molecule has 4 rings (SSSR count). The van der Waals surface area contributed by atoms with Gasteiger partial charge in [-0.3, -0.25) is 14.7 Å². The molecule has 2 aromatic carbocycles. The molecule has 5 nitrogen and oxygen atoms in total. The van der Waals surface area contributed by atoms with E-state index < -0.39 is 0 Å². The van der Waals surface area contributed by atoms with Crippen molar-refractivity contribution in [3.8, 4) is 5.75 Å². The van der Waals surface area contributed by atoms with Crippen molar-refractivity contribution < 1.29 is 13.9 Å². The van der Waals surface area contributed by atoms with Gasteiger partial charge < -0.3 is 4.74 Å². The third-order valence-corrected chi connectivity index (χ3v) is 5.41. The minimum atomic E-state index is -0.356. The zero-order chi connectivity index (χ0) is 20.2. The number of aryl methyl sites for hydroxylation is 1. The number of rotatable bonds is 6. The van der Waals surface area contributed by atoms with Gasteiger partial charge in [0.25, 0.3) is 5.91 Å². The molecule has 0 spiro atoms. The number of thiazole rings is 1. The van der Waals surface area contributed by atoms with Gasteiger partial charge in [0.2, 0.25) is 0 Å². The summed E-state index contributed by atoms with van der Waals surface area (Å²) in [7, 11) is 0.